The number of thiazole rings is 1. The minimum atomic E-state index is -1.07. The third-order valence-corrected chi connectivity index (χ3v) is 7.64. The number of aromatic amines is 1. The molecule has 18 heteroatoms. The zero-order chi connectivity index (χ0) is 32.3. The van der Waals surface area contributed by atoms with Crippen molar-refractivity contribution in [3.63, 3.8) is 0 Å². The van der Waals surface area contributed by atoms with Crippen molar-refractivity contribution in [2.24, 2.45) is 11.5 Å². The highest BCUT2D eigenvalue weighted by atomic mass is 32.1. The molecule has 0 aliphatic carbocycles. The molecule has 0 bridgehead atoms. The highest BCUT2D eigenvalue weighted by Crippen LogP contribution is 2.27. The number of carbonyl (C=O) groups excluding carboxylic acids is 3. The van der Waals surface area contributed by atoms with E-state index in [2.05, 4.69) is 30.9 Å². The summed E-state index contributed by atoms with van der Waals surface area (Å²) in [4.78, 5) is 60.7. The zero-order valence-electron chi connectivity index (χ0n) is 24.6. The minimum Gasteiger partial charge on any atom is -0.442 e. The summed E-state index contributed by atoms with van der Waals surface area (Å²) in [5, 5.41) is 18.9. The van der Waals surface area contributed by atoms with E-state index in [1.807, 2.05) is 26.2 Å². The van der Waals surface area contributed by atoms with Crippen molar-refractivity contribution in [3.8, 4) is 0 Å². The van der Waals surface area contributed by atoms with Crippen LogP contribution < -0.4 is 27.2 Å². The highest BCUT2D eigenvalue weighted by Gasteiger charge is 2.36. The van der Waals surface area contributed by atoms with E-state index in [-0.39, 0.29) is 60.1 Å². The molecule has 0 spiro atoms. The van der Waals surface area contributed by atoms with Crippen LogP contribution in [-0.4, -0.2) is 78.4 Å². The topological polar surface area (TPSA) is 239 Å². The molecular formula is C27H31N11O6S. The first kappa shape index (κ1) is 31.0. The smallest absolute Gasteiger partial charge is 0.404 e. The van der Waals surface area contributed by atoms with Crippen LogP contribution in [-0.2, 0) is 26.1 Å². The van der Waals surface area contributed by atoms with Crippen molar-refractivity contribution in [1.82, 2.24) is 35.0 Å². The van der Waals surface area contributed by atoms with Crippen LogP contribution in [0.2, 0.25) is 0 Å². The number of amides is 3. The summed E-state index contributed by atoms with van der Waals surface area (Å²) in [7, 11) is 0. The van der Waals surface area contributed by atoms with Crippen LogP contribution in [0.15, 0.2) is 28.5 Å². The number of piperidine rings is 1. The lowest BCUT2D eigenvalue weighted by molar-refractivity contribution is -0.115. The molecule has 236 valence electrons. The summed E-state index contributed by atoms with van der Waals surface area (Å²) in [5.41, 5.74) is 11.8. The van der Waals surface area contributed by atoms with Crippen LogP contribution in [0.1, 0.15) is 49.8 Å². The molecular weight excluding hydrogens is 606 g/mol. The Labute approximate surface area is 259 Å². The molecule has 1 aliphatic heterocycles. The Balaban J connectivity index is 1.47. The van der Waals surface area contributed by atoms with Crippen LogP contribution in [0.3, 0.4) is 0 Å². The lowest BCUT2D eigenvalue weighted by atomic mass is 9.93. The normalized spacial score (nSPS) is 17.0. The Morgan fingerprint density at radius 3 is 2.58 bits per heavy atom. The minimum absolute atomic E-state index is 0.00991. The fraction of sp³-hybridized carbons (Fsp3) is 0.370. The number of H-pyrrole nitrogens is 1. The number of nitrogens with two attached hydrogens (primary N) is 2. The second-order valence-corrected chi connectivity index (χ2v) is 12.1. The molecule has 1 saturated heterocycles. The fourth-order valence-corrected chi connectivity index (χ4v) is 5.69. The summed E-state index contributed by atoms with van der Waals surface area (Å²) in [5.74, 6) is 0.193. The van der Waals surface area contributed by atoms with Crippen LogP contribution in [0.25, 0.3) is 17.8 Å². The molecule has 6 N–H and O–H groups in total. The number of hydrogen-bond donors (Lipinski definition) is 4. The van der Waals surface area contributed by atoms with E-state index in [0.717, 1.165) is 5.69 Å². The number of tetrazole rings is 1. The lowest BCUT2D eigenvalue weighted by Crippen LogP contribution is -2.52. The first-order valence-corrected chi connectivity index (χ1v) is 14.6. The molecule has 0 radical (unpaired) electrons. The second kappa shape index (κ2) is 12.7. The number of ether oxygens (including phenoxy) is 2. The van der Waals surface area contributed by atoms with Gasteiger partial charge in [0, 0.05) is 30.0 Å². The quantitative estimate of drug-likeness (QED) is 0.215. The molecule has 2 unspecified atom stereocenters. The SMILES string of the molecule is CC(C)(C)c1csc(NC(=O)Cc2ccn3c(=O)c(/C=C/c4nn[nH]n4)c(N4CCC(OC(N)=O)C(OC(N)=O)C4)nc3c2)n1. The van der Waals surface area contributed by atoms with Gasteiger partial charge in [0.05, 0.1) is 24.2 Å². The number of nitrogens with zero attached hydrogens (tertiary/aromatic N) is 7. The summed E-state index contributed by atoms with van der Waals surface area (Å²) < 4.78 is 11.7. The maximum absolute atomic E-state index is 13.8. The van der Waals surface area contributed by atoms with Gasteiger partial charge in [-0.15, -0.1) is 21.5 Å². The second-order valence-electron chi connectivity index (χ2n) is 11.2. The van der Waals surface area contributed by atoms with Gasteiger partial charge in [0.1, 0.15) is 17.6 Å². The van der Waals surface area contributed by atoms with Crippen LogP contribution in [0.5, 0.6) is 0 Å². The summed E-state index contributed by atoms with van der Waals surface area (Å²) in [6.07, 6.45) is 0.790. The van der Waals surface area contributed by atoms with Crippen molar-refractivity contribution in [2.45, 2.75) is 51.2 Å². The third kappa shape index (κ3) is 7.40. The average Bonchev–Trinajstić information content (AvgIpc) is 3.65. The van der Waals surface area contributed by atoms with E-state index in [0.29, 0.717) is 10.7 Å². The largest absolute Gasteiger partial charge is 0.442 e. The predicted octanol–water partition coefficient (Wildman–Crippen LogP) is 1.45. The molecule has 2 atom stereocenters. The Morgan fingerprint density at radius 2 is 1.91 bits per heavy atom. The van der Waals surface area contributed by atoms with Gasteiger partial charge in [-0.2, -0.15) is 5.21 Å². The molecule has 4 aromatic rings. The molecule has 0 aromatic carbocycles. The number of primary amides is 2. The summed E-state index contributed by atoms with van der Waals surface area (Å²) in [6.45, 7) is 6.37. The van der Waals surface area contributed by atoms with Crippen molar-refractivity contribution in [1.29, 1.82) is 0 Å². The Kier molecular flexibility index (Phi) is 8.75. The molecule has 4 aromatic heterocycles. The lowest BCUT2D eigenvalue weighted by Gasteiger charge is -2.37. The molecule has 45 heavy (non-hydrogen) atoms. The number of fused-ring (bicyclic) bond motifs is 1. The number of pyridine rings is 1. The summed E-state index contributed by atoms with van der Waals surface area (Å²) >= 11 is 1.35. The zero-order valence-corrected chi connectivity index (χ0v) is 25.4. The first-order chi connectivity index (χ1) is 21.4. The van der Waals surface area contributed by atoms with Gasteiger partial charge in [-0.25, -0.2) is 19.6 Å². The number of nitrogens with one attached hydrogen (secondary N) is 2. The average molecular weight is 638 g/mol. The fourth-order valence-electron chi connectivity index (χ4n) is 4.74. The van der Waals surface area contributed by atoms with Gasteiger partial charge < -0.3 is 31.2 Å². The molecule has 5 rings (SSSR count). The van der Waals surface area contributed by atoms with Crippen molar-refractivity contribution < 1.29 is 23.9 Å². The van der Waals surface area contributed by atoms with E-state index in [4.69, 9.17) is 25.9 Å². The maximum atomic E-state index is 13.8. The number of carbonyl (C=O) groups is 3. The van der Waals surface area contributed by atoms with Gasteiger partial charge in [-0.3, -0.25) is 14.0 Å². The summed E-state index contributed by atoms with van der Waals surface area (Å²) in [6, 6.07) is 3.30. The van der Waals surface area contributed by atoms with Gasteiger partial charge >= 0.3 is 12.2 Å². The van der Waals surface area contributed by atoms with Crippen LogP contribution >= 0.6 is 11.3 Å². The van der Waals surface area contributed by atoms with Gasteiger partial charge in [0.2, 0.25) is 5.91 Å². The number of rotatable bonds is 8. The van der Waals surface area contributed by atoms with Gasteiger partial charge in [-0.05, 0) is 35.1 Å². The predicted molar refractivity (Wildman–Crippen MR) is 163 cm³/mol. The molecule has 1 fully saturated rings. The third-order valence-electron chi connectivity index (χ3n) is 6.89. The van der Waals surface area contributed by atoms with Crippen LogP contribution in [0, 0.1) is 0 Å². The molecule has 1 aliphatic rings. The number of hydrogen-bond acceptors (Lipinski definition) is 13. The van der Waals surface area contributed by atoms with Gasteiger partial charge in [0.25, 0.3) is 5.56 Å². The monoisotopic (exact) mass is 637 g/mol. The van der Waals surface area contributed by atoms with E-state index in [1.165, 1.54) is 34.1 Å². The Bertz CT molecular complexity index is 1810. The van der Waals surface area contributed by atoms with Crippen molar-refractivity contribution in [3.05, 3.63) is 56.7 Å². The maximum Gasteiger partial charge on any atom is 0.404 e. The van der Waals surface area contributed by atoms with Gasteiger partial charge in [-0.1, -0.05) is 20.8 Å². The molecule has 3 amide bonds. The Morgan fingerprint density at radius 1 is 1.16 bits per heavy atom. The Hall–Kier alpha value is -5.39. The standard InChI is InChI=1S/C27H31N11O6S/c1-27(2,3)18-13-45-26(30-18)32-21(39)11-14-6-9-38-20(10-14)31-22(15(23(38)40)4-5-19-33-35-36-34-19)37-8-7-16(43-24(28)41)17(12-37)44-25(29)42/h4-6,9-10,13,16-17H,7-8,11-12H2,1-3H3,(H2,28,41)(H2,29,42)(H,30,32,39)(H,33,34,35,36)/b5-4+. The van der Waals surface area contributed by atoms with E-state index in [9.17, 15) is 19.2 Å². The van der Waals surface area contributed by atoms with Crippen LogP contribution in [0.4, 0.5) is 20.5 Å². The highest BCUT2D eigenvalue weighted by molar-refractivity contribution is 7.13. The molecule has 17 nitrogen and oxygen atoms in total. The van der Waals surface area contributed by atoms with E-state index >= 15 is 0 Å². The van der Waals surface area contributed by atoms with Crippen molar-refractivity contribution >= 4 is 58.2 Å². The van der Waals surface area contributed by atoms with Crippen molar-refractivity contribution in [2.75, 3.05) is 23.3 Å². The van der Waals surface area contributed by atoms with E-state index in [1.54, 1.807) is 17.0 Å². The number of anilines is 2. The first-order valence-electron chi connectivity index (χ1n) is 13.8. The van der Waals surface area contributed by atoms with E-state index < -0.39 is 30.0 Å². The van der Waals surface area contributed by atoms with Gasteiger partial charge in [0.15, 0.2) is 17.1 Å². The molecule has 0 saturated carbocycles. The molecule has 5 heterocycles. The number of aromatic nitrogens is 7.